The molecule has 2 saturated heterocycles. The summed E-state index contributed by atoms with van der Waals surface area (Å²) < 4.78 is 35.1. The van der Waals surface area contributed by atoms with E-state index in [0.717, 1.165) is 31.6 Å². The quantitative estimate of drug-likeness (QED) is 0.610. The Labute approximate surface area is 206 Å². The number of benzene rings is 1. The highest BCUT2D eigenvalue weighted by Gasteiger charge is 2.26. The van der Waals surface area contributed by atoms with Gasteiger partial charge in [-0.25, -0.2) is 13.6 Å². The molecule has 2 fully saturated rings. The van der Waals surface area contributed by atoms with Gasteiger partial charge < -0.3 is 24.3 Å². The first-order valence-corrected chi connectivity index (χ1v) is 12.5. The number of nitrogens with one attached hydrogen (secondary N) is 1. The lowest BCUT2D eigenvalue weighted by Crippen LogP contribution is -2.45. The number of rotatable bonds is 6. The minimum atomic E-state index is -0.399. The zero-order valence-corrected chi connectivity index (χ0v) is 20.9. The first-order chi connectivity index (χ1) is 16.8. The van der Waals surface area contributed by atoms with Crippen LogP contribution in [-0.4, -0.2) is 87.5 Å². The number of nitrogens with zero attached hydrogens (tertiary/aromatic N) is 4. The Morgan fingerprint density at radius 2 is 1.60 bits per heavy atom. The summed E-state index contributed by atoms with van der Waals surface area (Å²) in [5, 5.41) is 0. The first kappa shape index (κ1) is 25.5. The van der Waals surface area contributed by atoms with Crippen LogP contribution in [0.25, 0.3) is 0 Å². The van der Waals surface area contributed by atoms with E-state index in [4.69, 9.17) is 9.57 Å². The van der Waals surface area contributed by atoms with Gasteiger partial charge in [-0.15, -0.1) is 0 Å². The molecule has 194 valence electrons. The van der Waals surface area contributed by atoms with Crippen molar-refractivity contribution in [2.75, 3.05) is 69.2 Å². The molecule has 1 aromatic carbocycles. The number of piperidine rings is 1. The summed E-state index contributed by atoms with van der Waals surface area (Å²) in [6.45, 7) is 8.95. The van der Waals surface area contributed by atoms with Crippen LogP contribution in [0, 0.1) is 11.6 Å². The van der Waals surface area contributed by atoms with E-state index in [-0.39, 0.29) is 29.8 Å². The summed E-state index contributed by atoms with van der Waals surface area (Å²) >= 11 is 0. The first-order valence-electron chi connectivity index (χ1n) is 12.5. The number of hydrogen-bond donors (Lipinski definition) is 1. The number of anilines is 2. The Hall–Kier alpha value is -2.59. The molecule has 0 atom stereocenters. The Morgan fingerprint density at radius 1 is 0.971 bits per heavy atom. The van der Waals surface area contributed by atoms with E-state index in [1.807, 2.05) is 36.8 Å². The van der Waals surface area contributed by atoms with Crippen LogP contribution >= 0.6 is 0 Å². The molecule has 3 aliphatic rings. The maximum absolute atomic E-state index is 14.9. The van der Waals surface area contributed by atoms with Gasteiger partial charge in [0.2, 0.25) is 0 Å². The summed E-state index contributed by atoms with van der Waals surface area (Å²) in [5.74, 6) is -0.782. The highest BCUT2D eigenvalue weighted by molar-refractivity contribution is 5.67. The van der Waals surface area contributed by atoms with Crippen LogP contribution in [-0.2, 0) is 9.57 Å². The molecule has 3 heterocycles. The average Bonchev–Trinajstić information content (AvgIpc) is 2.85. The second-order valence-corrected chi connectivity index (χ2v) is 9.81. The second kappa shape index (κ2) is 11.4. The fraction of sp³-hybridized carbons (Fsp3) is 0.640. The van der Waals surface area contributed by atoms with E-state index in [1.54, 1.807) is 4.90 Å². The maximum atomic E-state index is 14.9. The highest BCUT2D eigenvalue weighted by Crippen LogP contribution is 2.30. The molecule has 0 spiro atoms. The van der Waals surface area contributed by atoms with Crippen LogP contribution in [0.5, 0.6) is 0 Å². The Balaban J connectivity index is 1.26. The van der Waals surface area contributed by atoms with Crippen molar-refractivity contribution in [1.82, 2.24) is 15.3 Å². The van der Waals surface area contributed by atoms with Crippen LogP contribution in [0.4, 0.5) is 25.0 Å². The van der Waals surface area contributed by atoms with Gasteiger partial charge in [-0.3, -0.25) is 10.3 Å². The third kappa shape index (κ3) is 6.55. The van der Waals surface area contributed by atoms with Gasteiger partial charge in [0, 0.05) is 76.6 Å². The van der Waals surface area contributed by atoms with Crippen LogP contribution in [0.1, 0.15) is 33.1 Å². The Morgan fingerprint density at radius 3 is 2.17 bits per heavy atom. The summed E-state index contributed by atoms with van der Waals surface area (Å²) in [7, 11) is 2.03. The second-order valence-electron chi connectivity index (χ2n) is 9.81. The van der Waals surface area contributed by atoms with Crippen molar-refractivity contribution in [2.45, 2.75) is 45.3 Å². The molecule has 4 rings (SSSR count). The predicted molar refractivity (Wildman–Crippen MR) is 131 cm³/mol. The minimum Gasteiger partial charge on any atom is -0.447 e. The third-order valence-electron chi connectivity index (χ3n) is 6.80. The number of hydrogen-bond acceptors (Lipinski definition) is 7. The van der Waals surface area contributed by atoms with Crippen LogP contribution < -0.4 is 15.3 Å². The number of piperazine rings is 1. The molecular weight excluding hydrogens is 456 g/mol. The summed E-state index contributed by atoms with van der Waals surface area (Å²) in [5.41, 5.74) is 4.60. The van der Waals surface area contributed by atoms with Crippen molar-refractivity contribution in [1.29, 1.82) is 0 Å². The van der Waals surface area contributed by atoms with E-state index in [1.165, 1.54) is 12.1 Å². The zero-order chi connectivity index (χ0) is 24.9. The zero-order valence-electron chi connectivity index (χ0n) is 20.9. The lowest BCUT2D eigenvalue weighted by molar-refractivity contribution is -0.0415. The fourth-order valence-corrected chi connectivity index (χ4v) is 4.63. The van der Waals surface area contributed by atoms with Gasteiger partial charge in [0.1, 0.15) is 11.6 Å². The van der Waals surface area contributed by atoms with E-state index >= 15 is 0 Å². The normalized spacial score (nSPS) is 20.3. The SMILES string of the molecule is CC(C)OC(=O)N1CCC(ONC2=CCN(c3cc(F)c(N4CCN(C)CC4)cc3F)CC2)CC1. The highest BCUT2D eigenvalue weighted by atomic mass is 19.1. The molecule has 1 aromatic rings. The molecule has 0 saturated carbocycles. The van der Waals surface area contributed by atoms with E-state index in [2.05, 4.69) is 10.4 Å². The summed E-state index contributed by atoms with van der Waals surface area (Å²) in [6.07, 6.45) is 3.64. The van der Waals surface area contributed by atoms with Gasteiger partial charge in [-0.1, -0.05) is 0 Å². The minimum absolute atomic E-state index is 0.00527. The molecule has 0 aromatic heterocycles. The van der Waals surface area contributed by atoms with Crippen molar-refractivity contribution in [3.05, 3.63) is 35.5 Å². The monoisotopic (exact) mass is 493 g/mol. The maximum Gasteiger partial charge on any atom is 0.410 e. The van der Waals surface area contributed by atoms with E-state index in [9.17, 15) is 13.6 Å². The number of amides is 1. The molecule has 35 heavy (non-hydrogen) atoms. The third-order valence-corrected chi connectivity index (χ3v) is 6.80. The molecule has 0 radical (unpaired) electrons. The van der Waals surface area contributed by atoms with Crippen LogP contribution in [0.2, 0.25) is 0 Å². The molecule has 0 unspecified atom stereocenters. The standard InChI is InChI=1S/C25H37F2N5O3/c1-18(2)34-25(33)32-10-6-20(7-11-32)35-28-19-4-8-30(9-5-19)23-16-22(27)24(17-21(23)26)31-14-12-29(3)13-15-31/h4,16-18,20,28H,5-15H2,1-3H3. The van der Waals surface area contributed by atoms with Gasteiger partial charge in [-0.2, -0.15) is 0 Å². The smallest absolute Gasteiger partial charge is 0.410 e. The van der Waals surface area contributed by atoms with Crippen molar-refractivity contribution in [2.24, 2.45) is 0 Å². The number of ether oxygens (including phenoxy) is 1. The van der Waals surface area contributed by atoms with Crippen LogP contribution in [0.15, 0.2) is 23.9 Å². The lowest BCUT2D eigenvalue weighted by atomic mass is 10.1. The van der Waals surface area contributed by atoms with Crippen molar-refractivity contribution < 1.29 is 23.1 Å². The lowest BCUT2D eigenvalue weighted by Gasteiger charge is -2.35. The fourth-order valence-electron chi connectivity index (χ4n) is 4.63. The molecule has 3 aliphatic heterocycles. The van der Waals surface area contributed by atoms with Gasteiger partial charge in [0.05, 0.1) is 23.6 Å². The molecule has 1 amide bonds. The Bertz CT molecular complexity index is 913. The molecule has 10 heteroatoms. The van der Waals surface area contributed by atoms with E-state index < -0.39 is 5.82 Å². The number of carbonyl (C=O) groups excluding carboxylic acids is 1. The number of halogens is 2. The number of carbonyl (C=O) groups is 1. The van der Waals surface area contributed by atoms with Crippen LogP contribution in [0.3, 0.4) is 0 Å². The van der Waals surface area contributed by atoms with Gasteiger partial charge >= 0.3 is 6.09 Å². The summed E-state index contributed by atoms with van der Waals surface area (Å²) in [4.78, 5) is 25.5. The molecule has 1 N–H and O–H groups in total. The van der Waals surface area contributed by atoms with Crippen molar-refractivity contribution in [3.63, 3.8) is 0 Å². The van der Waals surface area contributed by atoms with Gasteiger partial charge in [0.15, 0.2) is 0 Å². The number of likely N-dealkylation sites (N-methyl/N-ethyl adjacent to an activating group) is 1. The van der Waals surface area contributed by atoms with Crippen molar-refractivity contribution >= 4 is 17.5 Å². The topological polar surface area (TPSA) is 60.5 Å². The average molecular weight is 494 g/mol. The van der Waals surface area contributed by atoms with Gasteiger partial charge in [-0.05, 0) is 39.8 Å². The number of hydroxylamine groups is 1. The Kier molecular flexibility index (Phi) is 8.33. The molecule has 0 aliphatic carbocycles. The van der Waals surface area contributed by atoms with Crippen molar-refractivity contribution in [3.8, 4) is 0 Å². The number of likely N-dealkylation sites (tertiary alicyclic amines) is 1. The van der Waals surface area contributed by atoms with Gasteiger partial charge in [0.25, 0.3) is 0 Å². The largest absolute Gasteiger partial charge is 0.447 e. The predicted octanol–water partition coefficient (Wildman–Crippen LogP) is 3.34. The molecular formula is C25H37F2N5O3. The molecule has 8 nitrogen and oxygen atoms in total. The molecule has 0 bridgehead atoms. The van der Waals surface area contributed by atoms with E-state index in [0.29, 0.717) is 51.4 Å². The summed E-state index contributed by atoms with van der Waals surface area (Å²) in [6, 6.07) is 2.66.